The predicted octanol–water partition coefficient (Wildman–Crippen LogP) is 3.56. The smallest absolute Gasteiger partial charge is 0.138 e. The Balaban J connectivity index is 2.07. The van der Waals surface area contributed by atoms with Crippen LogP contribution in [0.4, 0.5) is 17.3 Å². The summed E-state index contributed by atoms with van der Waals surface area (Å²) in [5.74, 6) is 2.78. The third-order valence-corrected chi connectivity index (χ3v) is 3.97. The van der Waals surface area contributed by atoms with Gasteiger partial charge in [-0.15, -0.1) is 0 Å². The molecule has 4 nitrogen and oxygen atoms in total. The standard InChI is InChI=1S/C17H22N4/c1-3-15-19-16(18-2)12-17(20-15)21-11-7-6-9-13-8-4-5-10-14(13)21/h4-5,8,10,12H,3,6-7,9,11H2,1-2H3,(H,18,19,20). The summed E-state index contributed by atoms with van der Waals surface area (Å²) in [6, 6.07) is 10.7. The normalized spacial score (nSPS) is 14.5. The quantitative estimate of drug-likeness (QED) is 0.934. The van der Waals surface area contributed by atoms with E-state index in [9.17, 15) is 0 Å². The van der Waals surface area contributed by atoms with Crippen LogP contribution in [0.5, 0.6) is 0 Å². The monoisotopic (exact) mass is 282 g/mol. The van der Waals surface area contributed by atoms with Crippen molar-refractivity contribution in [3.8, 4) is 0 Å². The minimum Gasteiger partial charge on any atom is -0.373 e. The summed E-state index contributed by atoms with van der Waals surface area (Å²) < 4.78 is 0. The SMILES string of the molecule is CCc1nc(NC)cc(N2CCCCc3ccccc32)n1. The maximum Gasteiger partial charge on any atom is 0.138 e. The van der Waals surface area contributed by atoms with Crippen LogP contribution in [0.2, 0.25) is 0 Å². The van der Waals surface area contributed by atoms with E-state index < -0.39 is 0 Å². The van der Waals surface area contributed by atoms with Gasteiger partial charge in [0.1, 0.15) is 17.5 Å². The first kappa shape index (κ1) is 13.9. The predicted molar refractivity (Wildman–Crippen MR) is 87.3 cm³/mol. The molecular formula is C17H22N4. The van der Waals surface area contributed by atoms with Crippen molar-refractivity contribution in [1.82, 2.24) is 9.97 Å². The lowest BCUT2D eigenvalue weighted by molar-refractivity contribution is 0.755. The summed E-state index contributed by atoms with van der Waals surface area (Å²) >= 11 is 0. The molecule has 110 valence electrons. The lowest BCUT2D eigenvalue weighted by atomic mass is 10.1. The Hall–Kier alpha value is -2.10. The lowest BCUT2D eigenvalue weighted by Crippen LogP contribution is -2.20. The summed E-state index contributed by atoms with van der Waals surface area (Å²) in [5.41, 5.74) is 2.70. The van der Waals surface area contributed by atoms with E-state index in [-0.39, 0.29) is 0 Å². The molecule has 1 N–H and O–H groups in total. The molecule has 1 aromatic heterocycles. The van der Waals surface area contributed by atoms with Crippen LogP contribution in [0.1, 0.15) is 31.2 Å². The van der Waals surface area contributed by atoms with Crippen molar-refractivity contribution in [3.05, 3.63) is 41.7 Å². The van der Waals surface area contributed by atoms with E-state index in [0.29, 0.717) is 0 Å². The number of nitrogens with one attached hydrogen (secondary N) is 1. The van der Waals surface area contributed by atoms with Gasteiger partial charge in [0.25, 0.3) is 0 Å². The average Bonchev–Trinajstić information content (AvgIpc) is 2.76. The van der Waals surface area contributed by atoms with Gasteiger partial charge in [-0.25, -0.2) is 9.97 Å². The van der Waals surface area contributed by atoms with Crippen molar-refractivity contribution < 1.29 is 0 Å². The highest BCUT2D eigenvalue weighted by molar-refractivity contribution is 5.66. The van der Waals surface area contributed by atoms with Gasteiger partial charge < -0.3 is 10.2 Å². The highest BCUT2D eigenvalue weighted by Crippen LogP contribution is 2.32. The number of nitrogens with zero attached hydrogens (tertiary/aromatic N) is 3. The molecule has 21 heavy (non-hydrogen) atoms. The number of rotatable bonds is 3. The number of benzene rings is 1. The van der Waals surface area contributed by atoms with Crippen LogP contribution in [0.15, 0.2) is 30.3 Å². The molecule has 0 aliphatic carbocycles. The van der Waals surface area contributed by atoms with Gasteiger partial charge in [-0.1, -0.05) is 25.1 Å². The van der Waals surface area contributed by atoms with E-state index in [1.807, 2.05) is 13.1 Å². The molecule has 1 aromatic carbocycles. The lowest BCUT2D eigenvalue weighted by Gasteiger charge is -2.24. The Labute approximate surface area is 126 Å². The van der Waals surface area contributed by atoms with Gasteiger partial charge in [-0.2, -0.15) is 0 Å². The summed E-state index contributed by atoms with van der Waals surface area (Å²) in [7, 11) is 1.90. The molecule has 0 fully saturated rings. The van der Waals surface area contributed by atoms with E-state index in [2.05, 4.69) is 46.4 Å². The molecule has 2 heterocycles. The van der Waals surface area contributed by atoms with E-state index in [1.165, 1.54) is 24.1 Å². The number of anilines is 3. The Morgan fingerprint density at radius 3 is 2.86 bits per heavy atom. The zero-order valence-electron chi connectivity index (χ0n) is 12.8. The fraction of sp³-hybridized carbons (Fsp3) is 0.412. The Kier molecular flexibility index (Phi) is 4.04. The molecule has 0 atom stereocenters. The molecule has 0 unspecified atom stereocenters. The van der Waals surface area contributed by atoms with Gasteiger partial charge in [0.15, 0.2) is 0 Å². The third kappa shape index (κ3) is 2.84. The van der Waals surface area contributed by atoms with Crippen LogP contribution < -0.4 is 10.2 Å². The van der Waals surface area contributed by atoms with Crippen LogP contribution in [0.25, 0.3) is 0 Å². The first-order chi connectivity index (χ1) is 10.3. The molecule has 0 saturated carbocycles. The van der Waals surface area contributed by atoms with E-state index in [0.717, 1.165) is 36.8 Å². The average molecular weight is 282 g/mol. The molecule has 0 saturated heterocycles. The molecule has 0 spiro atoms. The van der Waals surface area contributed by atoms with Gasteiger partial charge in [0.05, 0.1) is 0 Å². The van der Waals surface area contributed by atoms with Gasteiger partial charge >= 0.3 is 0 Å². The number of para-hydroxylation sites is 1. The summed E-state index contributed by atoms with van der Waals surface area (Å²) in [5, 5.41) is 3.14. The second kappa shape index (κ2) is 6.12. The molecule has 1 aliphatic rings. The summed E-state index contributed by atoms with van der Waals surface area (Å²) in [4.78, 5) is 11.6. The molecule has 0 amide bonds. The summed E-state index contributed by atoms with van der Waals surface area (Å²) in [6.45, 7) is 3.11. The topological polar surface area (TPSA) is 41.1 Å². The number of fused-ring (bicyclic) bond motifs is 1. The number of hydrogen-bond acceptors (Lipinski definition) is 4. The molecule has 3 rings (SSSR count). The fourth-order valence-corrected chi connectivity index (χ4v) is 2.84. The first-order valence-corrected chi connectivity index (χ1v) is 7.73. The van der Waals surface area contributed by atoms with Gasteiger partial charge in [-0.3, -0.25) is 0 Å². The van der Waals surface area contributed by atoms with Crippen LogP contribution in [0, 0.1) is 0 Å². The second-order valence-electron chi connectivity index (χ2n) is 5.37. The molecular weight excluding hydrogens is 260 g/mol. The maximum absolute atomic E-state index is 4.74. The van der Waals surface area contributed by atoms with Crippen LogP contribution in [0.3, 0.4) is 0 Å². The highest BCUT2D eigenvalue weighted by atomic mass is 15.2. The van der Waals surface area contributed by atoms with Crippen molar-refractivity contribution in [2.24, 2.45) is 0 Å². The van der Waals surface area contributed by atoms with E-state index >= 15 is 0 Å². The minimum atomic E-state index is 0.845. The van der Waals surface area contributed by atoms with Crippen molar-refractivity contribution in [1.29, 1.82) is 0 Å². The highest BCUT2D eigenvalue weighted by Gasteiger charge is 2.18. The van der Waals surface area contributed by atoms with Crippen LogP contribution in [-0.4, -0.2) is 23.6 Å². The summed E-state index contributed by atoms with van der Waals surface area (Å²) in [6.07, 6.45) is 4.42. The molecule has 4 heteroatoms. The third-order valence-electron chi connectivity index (χ3n) is 3.97. The zero-order chi connectivity index (χ0) is 14.7. The largest absolute Gasteiger partial charge is 0.373 e. The molecule has 0 radical (unpaired) electrons. The second-order valence-corrected chi connectivity index (χ2v) is 5.37. The van der Waals surface area contributed by atoms with Crippen LogP contribution >= 0.6 is 0 Å². The van der Waals surface area contributed by atoms with Gasteiger partial charge in [0, 0.05) is 31.8 Å². The Bertz CT molecular complexity index is 602. The molecule has 1 aliphatic heterocycles. The van der Waals surface area contributed by atoms with Crippen molar-refractivity contribution >= 4 is 17.3 Å². The van der Waals surface area contributed by atoms with Crippen molar-refractivity contribution in [2.75, 3.05) is 23.8 Å². The van der Waals surface area contributed by atoms with Gasteiger partial charge in [-0.05, 0) is 30.9 Å². The first-order valence-electron chi connectivity index (χ1n) is 7.73. The molecule has 0 bridgehead atoms. The molecule has 2 aromatic rings. The minimum absolute atomic E-state index is 0.845. The Morgan fingerprint density at radius 1 is 1.19 bits per heavy atom. The van der Waals surface area contributed by atoms with Crippen molar-refractivity contribution in [2.45, 2.75) is 32.6 Å². The van der Waals surface area contributed by atoms with Crippen molar-refractivity contribution in [3.63, 3.8) is 0 Å². The maximum atomic E-state index is 4.74. The zero-order valence-corrected chi connectivity index (χ0v) is 12.8. The number of hydrogen-bond donors (Lipinski definition) is 1. The van der Waals surface area contributed by atoms with E-state index in [1.54, 1.807) is 0 Å². The number of aromatic nitrogens is 2. The number of aryl methyl sites for hydroxylation is 2. The van der Waals surface area contributed by atoms with Gasteiger partial charge in [0.2, 0.25) is 0 Å². The van der Waals surface area contributed by atoms with E-state index in [4.69, 9.17) is 4.98 Å². The van der Waals surface area contributed by atoms with Crippen LogP contribution in [-0.2, 0) is 12.8 Å². The fourth-order valence-electron chi connectivity index (χ4n) is 2.84. The Morgan fingerprint density at radius 2 is 2.05 bits per heavy atom.